The highest BCUT2D eigenvalue weighted by Crippen LogP contribution is 2.28. The van der Waals surface area contributed by atoms with Gasteiger partial charge in [0.05, 0.1) is 21.2 Å². The molecule has 0 unspecified atom stereocenters. The minimum absolute atomic E-state index is 0.0803. The lowest BCUT2D eigenvalue weighted by atomic mass is 10.1. The van der Waals surface area contributed by atoms with E-state index in [2.05, 4.69) is 10.0 Å². The van der Waals surface area contributed by atoms with Gasteiger partial charge in [0.2, 0.25) is 10.0 Å². The van der Waals surface area contributed by atoms with E-state index in [1.807, 2.05) is 31.2 Å². The minimum Gasteiger partial charge on any atom is -0.383 e. The molecule has 4 N–H and O–H groups in total. The van der Waals surface area contributed by atoms with E-state index in [0.717, 1.165) is 23.6 Å². The van der Waals surface area contributed by atoms with Crippen LogP contribution in [-0.2, 0) is 20.0 Å². The van der Waals surface area contributed by atoms with E-state index in [-0.39, 0.29) is 15.5 Å². The largest absolute Gasteiger partial charge is 0.383 e. The molecule has 0 heterocycles. The maximum absolute atomic E-state index is 13.0. The summed E-state index contributed by atoms with van der Waals surface area (Å²) in [7, 11) is -7.92. The van der Waals surface area contributed by atoms with Crippen molar-refractivity contribution in [1.29, 1.82) is 0 Å². The van der Waals surface area contributed by atoms with Crippen LogP contribution in [0.25, 0.3) is 10.8 Å². The molecule has 0 aromatic heterocycles. The Hall–Kier alpha value is -2.62. The Morgan fingerprint density at radius 1 is 0.828 bits per heavy atom. The number of hydrogen-bond donors (Lipinski definition) is 3. The molecule has 0 aliphatic heterocycles. The van der Waals surface area contributed by atoms with E-state index in [9.17, 15) is 16.8 Å². The van der Waals surface area contributed by atoms with E-state index in [4.69, 9.17) is 5.14 Å². The lowest BCUT2D eigenvalue weighted by Crippen LogP contribution is -2.17. The maximum Gasteiger partial charge on any atom is 0.261 e. The Bertz CT molecular complexity index is 1240. The van der Waals surface area contributed by atoms with Crippen molar-refractivity contribution in [3.63, 3.8) is 0 Å². The molecule has 0 atom stereocenters. The number of nitrogens with one attached hydrogen (secondary N) is 2. The first-order chi connectivity index (χ1) is 13.7. The minimum atomic E-state index is -3.98. The van der Waals surface area contributed by atoms with Gasteiger partial charge in [-0.25, -0.2) is 22.0 Å². The second-order valence-electron chi connectivity index (χ2n) is 6.65. The van der Waals surface area contributed by atoms with Gasteiger partial charge in [-0.1, -0.05) is 43.7 Å². The normalized spacial score (nSPS) is 12.1. The van der Waals surface area contributed by atoms with Crippen molar-refractivity contribution < 1.29 is 16.8 Å². The molecule has 154 valence electrons. The summed E-state index contributed by atoms with van der Waals surface area (Å²) >= 11 is 0. The predicted molar refractivity (Wildman–Crippen MR) is 116 cm³/mol. The highest BCUT2D eigenvalue weighted by atomic mass is 32.2. The van der Waals surface area contributed by atoms with Crippen molar-refractivity contribution >= 4 is 42.2 Å². The Balaban J connectivity index is 2.00. The summed E-state index contributed by atoms with van der Waals surface area (Å²) in [6.45, 7) is 2.66. The van der Waals surface area contributed by atoms with Crippen LogP contribution in [0.2, 0.25) is 0 Å². The number of benzene rings is 3. The summed E-state index contributed by atoms with van der Waals surface area (Å²) in [5.41, 5.74) is 0.607. The Morgan fingerprint density at radius 3 is 2.21 bits per heavy atom. The van der Waals surface area contributed by atoms with Crippen LogP contribution >= 0.6 is 0 Å². The quantitative estimate of drug-likeness (QED) is 0.470. The Morgan fingerprint density at radius 2 is 1.52 bits per heavy atom. The third-order valence-electron chi connectivity index (χ3n) is 4.44. The van der Waals surface area contributed by atoms with Gasteiger partial charge < -0.3 is 5.32 Å². The zero-order valence-electron chi connectivity index (χ0n) is 15.9. The van der Waals surface area contributed by atoms with Gasteiger partial charge in [-0.05, 0) is 47.5 Å². The van der Waals surface area contributed by atoms with Crippen LogP contribution in [0.3, 0.4) is 0 Å². The molecule has 3 aromatic rings. The Kier molecular flexibility index (Phi) is 6.11. The summed E-state index contributed by atoms with van der Waals surface area (Å²) in [5.74, 6) is 0. The Labute approximate surface area is 171 Å². The summed E-state index contributed by atoms with van der Waals surface area (Å²) < 4.78 is 51.9. The van der Waals surface area contributed by atoms with Crippen molar-refractivity contribution in [1.82, 2.24) is 0 Å². The summed E-state index contributed by atoms with van der Waals surface area (Å²) in [4.78, 5) is -0.0912. The molecule has 0 fully saturated rings. The molecule has 3 aromatic carbocycles. The lowest BCUT2D eigenvalue weighted by Gasteiger charge is -2.15. The maximum atomic E-state index is 13.0. The first kappa shape index (κ1) is 21.1. The second kappa shape index (κ2) is 8.40. The monoisotopic (exact) mass is 433 g/mol. The van der Waals surface area contributed by atoms with E-state index < -0.39 is 20.0 Å². The van der Waals surface area contributed by atoms with Crippen molar-refractivity contribution in [2.75, 3.05) is 16.6 Å². The average molecular weight is 434 g/mol. The molecule has 3 rings (SSSR count). The SMILES string of the molecule is CCCCNc1ccc(S(N)(=O)=O)cc1NS(=O)(=O)c1ccc2ccccc2c1. The van der Waals surface area contributed by atoms with Gasteiger partial charge in [-0.2, -0.15) is 0 Å². The van der Waals surface area contributed by atoms with E-state index in [0.29, 0.717) is 12.2 Å². The van der Waals surface area contributed by atoms with Crippen molar-refractivity contribution in [3.05, 3.63) is 60.7 Å². The predicted octanol–water partition coefficient (Wildman–Crippen LogP) is 3.50. The molecule has 0 aliphatic carbocycles. The molecule has 0 saturated heterocycles. The number of rotatable bonds is 8. The highest BCUT2D eigenvalue weighted by molar-refractivity contribution is 7.92. The molecule has 9 heteroatoms. The van der Waals surface area contributed by atoms with Gasteiger partial charge >= 0.3 is 0 Å². The van der Waals surface area contributed by atoms with Gasteiger partial charge in [-0.3, -0.25) is 4.72 Å². The van der Waals surface area contributed by atoms with Crippen LogP contribution in [0.1, 0.15) is 19.8 Å². The van der Waals surface area contributed by atoms with Crippen molar-refractivity contribution in [2.24, 2.45) is 5.14 Å². The van der Waals surface area contributed by atoms with Crippen molar-refractivity contribution in [3.8, 4) is 0 Å². The second-order valence-corrected chi connectivity index (χ2v) is 9.89. The standard InChI is InChI=1S/C20H23N3O4S2/c1-2-3-12-22-19-11-10-17(28(21,24)25)14-20(19)23-29(26,27)18-9-8-15-6-4-5-7-16(15)13-18/h4-11,13-14,22-23H,2-3,12H2,1H3,(H2,21,24,25). The van der Waals surface area contributed by atoms with Crippen LogP contribution in [0, 0.1) is 0 Å². The molecule has 7 nitrogen and oxygen atoms in total. The molecule has 0 bridgehead atoms. The fraction of sp³-hybridized carbons (Fsp3) is 0.200. The van der Waals surface area contributed by atoms with Crippen LogP contribution in [0.5, 0.6) is 0 Å². The van der Waals surface area contributed by atoms with Crippen molar-refractivity contribution in [2.45, 2.75) is 29.6 Å². The number of nitrogens with two attached hydrogens (primary N) is 1. The number of fused-ring (bicyclic) bond motifs is 1. The third kappa shape index (κ3) is 5.06. The van der Waals surface area contributed by atoms with Crippen LogP contribution in [0.4, 0.5) is 11.4 Å². The number of sulfonamides is 2. The number of hydrogen-bond acceptors (Lipinski definition) is 5. The molecule has 0 radical (unpaired) electrons. The van der Waals surface area contributed by atoms with E-state index in [1.54, 1.807) is 12.1 Å². The van der Waals surface area contributed by atoms with Gasteiger partial charge in [0.1, 0.15) is 0 Å². The summed E-state index contributed by atoms with van der Waals surface area (Å²) in [5, 5.41) is 10.1. The van der Waals surface area contributed by atoms with Crippen LogP contribution in [0.15, 0.2) is 70.5 Å². The van der Waals surface area contributed by atoms with Crippen LogP contribution < -0.4 is 15.2 Å². The molecule has 0 amide bonds. The fourth-order valence-electron chi connectivity index (χ4n) is 2.88. The fourth-order valence-corrected chi connectivity index (χ4v) is 4.52. The van der Waals surface area contributed by atoms with Crippen LogP contribution in [-0.4, -0.2) is 23.4 Å². The number of unbranched alkanes of at least 4 members (excludes halogenated alkanes) is 1. The van der Waals surface area contributed by atoms with Gasteiger partial charge in [0, 0.05) is 6.54 Å². The first-order valence-corrected chi connectivity index (χ1v) is 12.2. The van der Waals surface area contributed by atoms with E-state index in [1.165, 1.54) is 24.3 Å². The summed E-state index contributed by atoms with van der Waals surface area (Å²) in [6, 6.07) is 16.3. The zero-order valence-corrected chi connectivity index (χ0v) is 17.6. The lowest BCUT2D eigenvalue weighted by molar-refractivity contribution is 0.596. The zero-order chi connectivity index (χ0) is 21.1. The van der Waals surface area contributed by atoms with Gasteiger partial charge in [0.15, 0.2) is 0 Å². The smallest absolute Gasteiger partial charge is 0.261 e. The van der Waals surface area contributed by atoms with Gasteiger partial charge in [-0.15, -0.1) is 0 Å². The number of primary sulfonamides is 1. The van der Waals surface area contributed by atoms with Gasteiger partial charge in [0.25, 0.3) is 10.0 Å². The third-order valence-corrected chi connectivity index (χ3v) is 6.72. The highest BCUT2D eigenvalue weighted by Gasteiger charge is 2.19. The number of anilines is 2. The van der Waals surface area contributed by atoms with E-state index >= 15 is 0 Å². The molecule has 29 heavy (non-hydrogen) atoms. The molecule has 0 aliphatic rings. The topological polar surface area (TPSA) is 118 Å². The average Bonchev–Trinajstić information content (AvgIpc) is 2.68. The molecular weight excluding hydrogens is 410 g/mol. The molecular formula is C20H23N3O4S2. The molecule has 0 saturated carbocycles. The first-order valence-electron chi connectivity index (χ1n) is 9.13. The molecule has 0 spiro atoms. The summed E-state index contributed by atoms with van der Waals surface area (Å²) in [6.07, 6.45) is 1.84.